The number of fused-ring (bicyclic) bond motifs is 2. The van der Waals surface area contributed by atoms with Gasteiger partial charge in [0.05, 0.1) is 37.6 Å². The average molecular weight is 668 g/mol. The van der Waals surface area contributed by atoms with E-state index >= 15 is 0 Å². The van der Waals surface area contributed by atoms with Gasteiger partial charge in [0.25, 0.3) is 11.8 Å². The molecule has 1 aliphatic carbocycles. The lowest BCUT2D eigenvalue weighted by molar-refractivity contribution is 0.0599. The van der Waals surface area contributed by atoms with E-state index in [1.54, 1.807) is 36.4 Å². The van der Waals surface area contributed by atoms with Crippen molar-refractivity contribution in [1.82, 2.24) is 25.2 Å². The summed E-state index contributed by atoms with van der Waals surface area (Å²) in [6.07, 6.45) is 2.45. The molecule has 6 rings (SSSR count). The van der Waals surface area contributed by atoms with E-state index in [-0.39, 0.29) is 41.3 Å². The molecule has 0 spiro atoms. The SMILES string of the molecule is COC(=O)c1ccc2c(c1C)CC[C@@H]2NC(=O)c1cc(C(=O)NCc2ccc(F)c(F)c2)nc2c(C(=O)Cc3cccc(OC)c3)cnn12. The van der Waals surface area contributed by atoms with Crippen LogP contribution in [0.15, 0.2) is 66.9 Å². The van der Waals surface area contributed by atoms with E-state index in [9.17, 15) is 28.0 Å². The summed E-state index contributed by atoms with van der Waals surface area (Å²) < 4.78 is 38.6. The summed E-state index contributed by atoms with van der Waals surface area (Å²) in [5, 5.41) is 9.93. The number of amides is 2. The fraction of sp³-hybridized carbons (Fsp3) is 0.222. The molecule has 49 heavy (non-hydrogen) atoms. The largest absolute Gasteiger partial charge is 0.497 e. The predicted molar refractivity (Wildman–Crippen MR) is 173 cm³/mol. The zero-order valence-electron chi connectivity index (χ0n) is 26.8. The Hall–Kier alpha value is -5.98. The van der Waals surface area contributed by atoms with Crippen LogP contribution in [0.25, 0.3) is 5.65 Å². The Bertz CT molecular complexity index is 2150. The van der Waals surface area contributed by atoms with Gasteiger partial charge < -0.3 is 20.1 Å². The van der Waals surface area contributed by atoms with Gasteiger partial charge in [-0.15, -0.1) is 0 Å². The number of carbonyl (C=O) groups excluding carboxylic acids is 4. The number of hydrogen-bond acceptors (Lipinski definition) is 8. The summed E-state index contributed by atoms with van der Waals surface area (Å²) in [5.74, 6) is -3.61. The smallest absolute Gasteiger partial charge is 0.338 e. The molecular weight excluding hydrogens is 636 g/mol. The highest BCUT2D eigenvalue weighted by Crippen LogP contribution is 2.35. The minimum atomic E-state index is -1.06. The Balaban J connectivity index is 1.33. The molecule has 0 saturated carbocycles. The highest BCUT2D eigenvalue weighted by atomic mass is 19.2. The minimum absolute atomic E-state index is 0.0103. The summed E-state index contributed by atoms with van der Waals surface area (Å²) in [6, 6.07) is 14.5. The van der Waals surface area contributed by atoms with E-state index in [0.29, 0.717) is 35.3 Å². The summed E-state index contributed by atoms with van der Waals surface area (Å²) in [7, 11) is 2.84. The molecule has 1 atom stereocenters. The van der Waals surface area contributed by atoms with Crippen LogP contribution >= 0.6 is 0 Å². The van der Waals surface area contributed by atoms with Crippen LogP contribution in [0.3, 0.4) is 0 Å². The molecule has 3 aromatic carbocycles. The Morgan fingerprint density at radius 1 is 0.939 bits per heavy atom. The molecule has 5 aromatic rings. The van der Waals surface area contributed by atoms with Crippen molar-refractivity contribution in [2.75, 3.05) is 14.2 Å². The molecule has 2 heterocycles. The Morgan fingerprint density at radius 2 is 1.76 bits per heavy atom. The summed E-state index contributed by atoms with van der Waals surface area (Å²) in [4.78, 5) is 57.5. The van der Waals surface area contributed by atoms with Crippen molar-refractivity contribution in [3.8, 4) is 5.75 Å². The molecule has 0 bridgehead atoms. The first-order valence-electron chi connectivity index (χ1n) is 15.4. The van der Waals surface area contributed by atoms with Crippen LogP contribution < -0.4 is 15.4 Å². The number of halogens is 2. The number of hydrogen-bond donors (Lipinski definition) is 2. The predicted octanol–water partition coefficient (Wildman–Crippen LogP) is 4.88. The molecule has 11 nitrogen and oxygen atoms in total. The first-order valence-corrected chi connectivity index (χ1v) is 15.4. The number of Topliss-reactive ketones (excluding diaryl/α,β-unsaturated/α-hetero) is 1. The van der Waals surface area contributed by atoms with Crippen molar-refractivity contribution in [2.45, 2.75) is 38.8 Å². The molecular formula is C36H31F2N5O6. The van der Waals surface area contributed by atoms with Gasteiger partial charge in [0, 0.05) is 19.0 Å². The van der Waals surface area contributed by atoms with Crippen LogP contribution in [-0.4, -0.2) is 52.4 Å². The van der Waals surface area contributed by atoms with Gasteiger partial charge in [0.1, 0.15) is 17.1 Å². The maximum atomic E-state index is 13.9. The van der Waals surface area contributed by atoms with Gasteiger partial charge in [-0.1, -0.05) is 24.3 Å². The molecule has 13 heteroatoms. The number of benzene rings is 3. The van der Waals surface area contributed by atoms with Crippen molar-refractivity contribution in [3.05, 3.63) is 129 Å². The molecule has 250 valence electrons. The summed E-state index contributed by atoms with van der Waals surface area (Å²) in [6.45, 7) is 1.68. The Kier molecular flexibility index (Phi) is 9.16. The van der Waals surface area contributed by atoms with Crippen LogP contribution in [0.4, 0.5) is 8.78 Å². The van der Waals surface area contributed by atoms with Crippen molar-refractivity contribution in [1.29, 1.82) is 0 Å². The number of rotatable bonds is 10. The number of esters is 1. The van der Waals surface area contributed by atoms with E-state index in [0.717, 1.165) is 28.8 Å². The third kappa shape index (κ3) is 6.59. The van der Waals surface area contributed by atoms with E-state index in [1.807, 2.05) is 6.92 Å². The second-order valence-electron chi connectivity index (χ2n) is 11.6. The molecule has 0 saturated heterocycles. The number of nitrogens with zero attached hydrogens (tertiary/aromatic N) is 3. The van der Waals surface area contributed by atoms with Crippen LogP contribution in [-0.2, 0) is 24.1 Å². The molecule has 1 aliphatic rings. The van der Waals surface area contributed by atoms with Crippen LogP contribution in [0, 0.1) is 18.6 Å². The third-order valence-corrected chi connectivity index (χ3v) is 8.58. The van der Waals surface area contributed by atoms with E-state index < -0.39 is 35.5 Å². The number of ketones is 1. The summed E-state index contributed by atoms with van der Waals surface area (Å²) in [5.41, 5.74) is 3.82. The van der Waals surface area contributed by atoms with Gasteiger partial charge in [-0.2, -0.15) is 5.10 Å². The Morgan fingerprint density at radius 3 is 2.51 bits per heavy atom. The number of nitrogens with one attached hydrogen (secondary N) is 2. The lowest BCUT2D eigenvalue weighted by atomic mass is 9.98. The summed E-state index contributed by atoms with van der Waals surface area (Å²) >= 11 is 0. The van der Waals surface area contributed by atoms with Crippen molar-refractivity contribution < 1.29 is 37.4 Å². The molecule has 0 unspecified atom stereocenters. The number of aromatic nitrogens is 3. The fourth-order valence-corrected chi connectivity index (χ4v) is 6.02. The van der Waals surface area contributed by atoms with Gasteiger partial charge >= 0.3 is 5.97 Å². The maximum absolute atomic E-state index is 13.9. The Labute approximate surface area is 279 Å². The second-order valence-corrected chi connectivity index (χ2v) is 11.6. The van der Waals surface area contributed by atoms with Crippen molar-refractivity contribution in [2.24, 2.45) is 0 Å². The number of ether oxygens (including phenoxy) is 2. The van der Waals surface area contributed by atoms with Gasteiger partial charge in [-0.3, -0.25) is 14.4 Å². The first-order chi connectivity index (χ1) is 23.6. The highest BCUT2D eigenvalue weighted by molar-refractivity contribution is 6.04. The second kappa shape index (κ2) is 13.6. The number of carbonyl (C=O) groups is 4. The van der Waals surface area contributed by atoms with Crippen LogP contribution in [0.5, 0.6) is 5.75 Å². The third-order valence-electron chi connectivity index (χ3n) is 8.58. The van der Waals surface area contributed by atoms with E-state index in [2.05, 4.69) is 20.7 Å². The van der Waals surface area contributed by atoms with Crippen LogP contribution in [0.2, 0.25) is 0 Å². The average Bonchev–Trinajstić information content (AvgIpc) is 3.73. The zero-order valence-corrected chi connectivity index (χ0v) is 26.8. The van der Waals surface area contributed by atoms with Gasteiger partial charge in [-0.05, 0) is 77.9 Å². The van der Waals surface area contributed by atoms with E-state index in [1.165, 1.54) is 37.1 Å². The lowest BCUT2D eigenvalue weighted by Crippen LogP contribution is -2.31. The molecule has 2 amide bonds. The minimum Gasteiger partial charge on any atom is -0.497 e. The topological polar surface area (TPSA) is 141 Å². The molecule has 0 radical (unpaired) electrons. The van der Waals surface area contributed by atoms with Gasteiger partial charge in [0.15, 0.2) is 23.1 Å². The first kappa shape index (κ1) is 32.9. The highest BCUT2D eigenvalue weighted by Gasteiger charge is 2.30. The van der Waals surface area contributed by atoms with Gasteiger partial charge in [0.2, 0.25) is 0 Å². The molecule has 0 aliphatic heterocycles. The fourth-order valence-electron chi connectivity index (χ4n) is 6.02. The van der Waals surface area contributed by atoms with Crippen LogP contribution in [0.1, 0.15) is 82.0 Å². The molecule has 2 N–H and O–H groups in total. The zero-order chi connectivity index (χ0) is 34.8. The monoisotopic (exact) mass is 667 g/mol. The maximum Gasteiger partial charge on any atom is 0.338 e. The quantitative estimate of drug-likeness (QED) is 0.159. The molecule has 2 aromatic heterocycles. The van der Waals surface area contributed by atoms with Gasteiger partial charge in [-0.25, -0.2) is 23.1 Å². The van der Waals surface area contributed by atoms with Crippen molar-refractivity contribution in [3.63, 3.8) is 0 Å². The lowest BCUT2D eigenvalue weighted by Gasteiger charge is -2.16. The normalized spacial score (nSPS) is 13.5. The molecule has 0 fully saturated rings. The van der Waals surface area contributed by atoms with Crippen molar-refractivity contribution >= 4 is 29.2 Å². The van der Waals surface area contributed by atoms with E-state index in [4.69, 9.17) is 9.47 Å². The standard InChI is InChI=1S/C36H31F2N5O6/c1-19-23-10-12-29(25(23)9-8-24(19)36(47)49-3)42-35(46)31-16-30(34(45)39-17-21-7-11-27(37)28(38)14-21)41-33-26(18-40-43(31)33)32(44)15-20-5-4-6-22(13-20)48-2/h4-9,11,13-14,16,18,29H,10,12,15,17H2,1-3H3,(H,39,45)(H,42,46)/t29-/m0/s1. The number of methoxy groups -OCH3 is 2.